The fraction of sp³-hybridized carbons (Fsp3) is 0.867. The fourth-order valence-electron chi connectivity index (χ4n) is 3.13. The van der Waals surface area contributed by atoms with Crippen molar-refractivity contribution in [2.45, 2.75) is 63.3 Å². The van der Waals surface area contributed by atoms with E-state index in [1.807, 2.05) is 0 Å². The maximum absolute atomic E-state index is 10.8. The zero-order valence-corrected chi connectivity index (χ0v) is 12.3. The molecule has 0 amide bonds. The van der Waals surface area contributed by atoms with Crippen LogP contribution in [0.4, 0.5) is 0 Å². The molecule has 3 atom stereocenters. The highest BCUT2D eigenvalue weighted by atomic mass is 16.4. The third-order valence-corrected chi connectivity index (χ3v) is 4.64. The average Bonchev–Trinajstić information content (AvgIpc) is 3.29. The Bertz CT molecular complexity index is 357. The molecule has 0 aromatic heterocycles. The number of aliphatic carboxylic acids is 1. The van der Waals surface area contributed by atoms with E-state index < -0.39 is 24.3 Å². The lowest BCUT2D eigenvalue weighted by atomic mass is 9.90. The van der Waals surface area contributed by atoms with Crippen LogP contribution in [0.25, 0.3) is 0 Å². The minimum absolute atomic E-state index is 0.347. The first-order valence-electron chi connectivity index (χ1n) is 7.88. The molecule has 5 N–H and O–H groups in total. The second kappa shape index (κ2) is 7.33. The summed E-state index contributed by atoms with van der Waals surface area (Å²) in [7, 11) is 0. The SMILES string of the molecule is NC(CCC(C1CC1)C1CC1)C(O)N[C@@H](C=O)CC(=O)O. The maximum atomic E-state index is 10.8. The quantitative estimate of drug-likeness (QED) is 0.326. The molecule has 2 rings (SSSR count). The van der Waals surface area contributed by atoms with Crippen molar-refractivity contribution in [3.05, 3.63) is 0 Å². The van der Waals surface area contributed by atoms with E-state index in [0.717, 1.165) is 24.2 Å². The second-order valence-corrected chi connectivity index (χ2v) is 6.53. The Morgan fingerprint density at radius 1 is 1.24 bits per heavy atom. The molecule has 0 aromatic carbocycles. The van der Waals surface area contributed by atoms with Gasteiger partial charge >= 0.3 is 5.97 Å². The van der Waals surface area contributed by atoms with Crippen molar-refractivity contribution in [1.29, 1.82) is 0 Å². The number of carboxylic acid groups (broad SMARTS) is 1. The number of carbonyl (C=O) groups is 2. The molecule has 0 heterocycles. The van der Waals surface area contributed by atoms with Gasteiger partial charge in [0.2, 0.25) is 0 Å². The molecule has 2 fully saturated rings. The van der Waals surface area contributed by atoms with E-state index in [9.17, 15) is 14.7 Å². The van der Waals surface area contributed by atoms with Gasteiger partial charge in [0, 0.05) is 6.04 Å². The molecule has 2 unspecified atom stereocenters. The Balaban J connectivity index is 1.71. The Kier molecular flexibility index (Phi) is 5.72. The van der Waals surface area contributed by atoms with Crippen LogP contribution in [0, 0.1) is 17.8 Å². The molecule has 0 saturated heterocycles. The molecule has 2 saturated carbocycles. The molecule has 6 heteroatoms. The molecule has 120 valence electrons. The standard InChI is InChI=1S/C15H26N2O4/c16-13(15(21)17-11(8-18)7-14(19)20)6-5-12(9-1-2-9)10-3-4-10/h8-13,15,17,21H,1-7,16H2,(H,19,20)/t11-,13?,15?/m1/s1. The summed E-state index contributed by atoms with van der Waals surface area (Å²) >= 11 is 0. The number of aliphatic hydroxyl groups excluding tert-OH is 1. The third kappa shape index (κ3) is 5.37. The zero-order chi connectivity index (χ0) is 15.4. The highest BCUT2D eigenvalue weighted by molar-refractivity contribution is 5.73. The molecule has 0 aromatic rings. The van der Waals surface area contributed by atoms with Crippen molar-refractivity contribution >= 4 is 12.3 Å². The van der Waals surface area contributed by atoms with E-state index in [0.29, 0.717) is 12.7 Å². The van der Waals surface area contributed by atoms with Crippen LogP contribution in [-0.4, -0.2) is 40.8 Å². The topological polar surface area (TPSA) is 113 Å². The van der Waals surface area contributed by atoms with Crippen molar-refractivity contribution in [3.8, 4) is 0 Å². The van der Waals surface area contributed by atoms with E-state index in [1.54, 1.807) is 0 Å². The number of hydrogen-bond acceptors (Lipinski definition) is 5. The highest BCUT2D eigenvalue weighted by Gasteiger charge is 2.41. The summed E-state index contributed by atoms with van der Waals surface area (Å²) in [6.07, 6.45) is 6.11. The van der Waals surface area contributed by atoms with Crippen molar-refractivity contribution < 1.29 is 19.8 Å². The molecule has 0 radical (unpaired) electrons. The van der Waals surface area contributed by atoms with Crippen LogP contribution in [0.15, 0.2) is 0 Å². The smallest absolute Gasteiger partial charge is 0.305 e. The summed E-state index contributed by atoms with van der Waals surface area (Å²) in [5.41, 5.74) is 5.96. The first kappa shape index (κ1) is 16.4. The van der Waals surface area contributed by atoms with Gasteiger partial charge in [0.25, 0.3) is 0 Å². The number of aliphatic hydroxyl groups is 1. The molecule has 2 aliphatic carbocycles. The Hall–Kier alpha value is -0.980. The van der Waals surface area contributed by atoms with Gasteiger partial charge in [-0.05, 0) is 56.3 Å². The van der Waals surface area contributed by atoms with E-state index in [2.05, 4.69) is 5.32 Å². The first-order chi connectivity index (χ1) is 10.0. The highest BCUT2D eigenvalue weighted by Crippen LogP contribution is 2.51. The minimum Gasteiger partial charge on any atom is -0.481 e. The maximum Gasteiger partial charge on any atom is 0.305 e. The van der Waals surface area contributed by atoms with Gasteiger partial charge in [-0.15, -0.1) is 0 Å². The lowest BCUT2D eigenvalue weighted by molar-refractivity contribution is -0.138. The first-order valence-corrected chi connectivity index (χ1v) is 7.88. The number of carbonyl (C=O) groups excluding carboxylic acids is 1. The van der Waals surface area contributed by atoms with Gasteiger partial charge in [0.1, 0.15) is 12.5 Å². The van der Waals surface area contributed by atoms with Crippen molar-refractivity contribution in [2.75, 3.05) is 0 Å². The van der Waals surface area contributed by atoms with Crippen LogP contribution in [0.5, 0.6) is 0 Å². The Labute approximate surface area is 125 Å². The van der Waals surface area contributed by atoms with Crippen LogP contribution < -0.4 is 11.1 Å². The van der Waals surface area contributed by atoms with E-state index >= 15 is 0 Å². The average molecular weight is 298 g/mol. The molecule has 21 heavy (non-hydrogen) atoms. The predicted molar refractivity (Wildman–Crippen MR) is 77.4 cm³/mol. The number of nitrogens with one attached hydrogen (secondary N) is 1. The molecule has 0 aliphatic heterocycles. The number of hydrogen-bond donors (Lipinski definition) is 4. The van der Waals surface area contributed by atoms with Gasteiger partial charge in [-0.25, -0.2) is 0 Å². The number of aldehydes is 1. The summed E-state index contributed by atoms with van der Waals surface area (Å²) in [4.78, 5) is 21.4. The largest absolute Gasteiger partial charge is 0.481 e. The molecular weight excluding hydrogens is 272 g/mol. The van der Waals surface area contributed by atoms with Crippen LogP contribution in [-0.2, 0) is 9.59 Å². The number of nitrogens with two attached hydrogens (primary N) is 1. The minimum atomic E-state index is -1.08. The van der Waals surface area contributed by atoms with Gasteiger partial charge in [0.05, 0.1) is 12.5 Å². The second-order valence-electron chi connectivity index (χ2n) is 6.53. The molecule has 6 nitrogen and oxygen atoms in total. The van der Waals surface area contributed by atoms with Gasteiger partial charge in [-0.3, -0.25) is 10.1 Å². The van der Waals surface area contributed by atoms with Crippen LogP contribution >= 0.6 is 0 Å². The summed E-state index contributed by atoms with van der Waals surface area (Å²) in [6.45, 7) is 0. The van der Waals surface area contributed by atoms with Gasteiger partial charge in [-0.1, -0.05) is 0 Å². The molecule has 2 aliphatic rings. The predicted octanol–water partition coefficient (Wildman–Crippen LogP) is 0.480. The van der Waals surface area contributed by atoms with Crippen LogP contribution in [0.3, 0.4) is 0 Å². The normalized spacial score (nSPS) is 22.8. The lowest BCUT2D eigenvalue weighted by Gasteiger charge is -2.24. The Morgan fingerprint density at radius 2 is 1.81 bits per heavy atom. The fourth-order valence-corrected chi connectivity index (χ4v) is 3.13. The van der Waals surface area contributed by atoms with Crippen LogP contribution in [0.2, 0.25) is 0 Å². The van der Waals surface area contributed by atoms with Crippen molar-refractivity contribution in [2.24, 2.45) is 23.5 Å². The van der Waals surface area contributed by atoms with Crippen LogP contribution in [0.1, 0.15) is 44.9 Å². The monoisotopic (exact) mass is 298 g/mol. The van der Waals surface area contributed by atoms with Gasteiger partial charge in [0.15, 0.2) is 0 Å². The summed E-state index contributed by atoms with van der Waals surface area (Å²) in [6, 6.07) is -1.37. The number of rotatable bonds is 11. The van der Waals surface area contributed by atoms with E-state index in [4.69, 9.17) is 10.8 Å². The van der Waals surface area contributed by atoms with E-state index in [-0.39, 0.29) is 6.42 Å². The third-order valence-electron chi connectivity index (χ3n) is 4.64. The molecular formula is C15H26N2O4. The summed E-state index contributed by atoms with van der Waals surface area (Å²) in [5, 5.41) is 21.2. The van der Waals surface area contributed by atoms with Crippen molar-refractivity contribution in [1.82, 2.24) is 5.32 Å². The lowest BCUT2D eigenvalue weighted by Crippen LogP contribution is -2.50. The molecule has 0 spiro atoms. The number of carboxylic acids is 1. The van der Waals surface area contributed by atoms with Gasteiger partial charge < -0.3 is 20.7 Å². The zero-order valence-electron chi connectivity index (χ0n) is 12.3. The summed E-state index contributed by atoms with van der Waals surface area (Å²) < 4.78 is 0. The Morgan fingerprint density at radius 3 is 2.24 bits per heavy atom. The van der Waals surface area contributed by atoms with Crippen molar-refractivity contribution in [3.63, 3.8) is 0 Å². The van der Waals surface area contributed by atoms with Gasteiger partial charge in [-0.2, -0.15) is 0 Å². The summed E-state index contributed by atoms with van der Waals surface area (Å²) in [5.74, 6) is 1.36. The molecule has 0 bridgehead atoms. The van der Waals surface area contributed by atoms with E-state index in [1.165, 1.54) is 25.7 Å².